The van der Waals surface area contributed by atoms with Crippen LogP contribution in [0.2, 0.25) is 0 Å². The Kier molecular flexibility index (Phi) is 5.82. The van der Waals surface area contributed by atoms with Crippen LogP contribution < -0.4 is 10.1 Å². The van der Waals surface area contributed by atoms with Crippen molar-refractivity contribution in [3.05, 3.63) is 72.1 Å². The molecule has 0 spiro atoms. The monoisotopic (exact) mass is 371 g/mol. The van der Waals surface area contributed by atoms with Gasteiger partial charge >= 0.3 is 0 Å². The molecule has 1 aliphatic rings. The Morgan fingerprint density at radius 2 is 1.96 bits per heavy atom. The van der Waals surface area contributed by atoms with E-state index in [1.54, 1.807) is 25.3 Å². The summed E-state index contributed by atoms with van der Waals surface area (Å²) in [5, 5.41) is 3.36. The molecule has 2 aromatic rings. The van der Waals surface area contributed by atoms with Gasteiger partial charge in [-0.25, -0.2) is 4.39 Å². The maximum absolute atomic E-state index is 13.0. The van der Waals surface area contributed by atoms with Crippen molar-refractivity contribution in [3.63, 3.8) is 0 Å². The van der Waals surface area contributed by atoms with Crippen LogP contribution in [0.3, 0.4) is 0 Å². The van der Waals surface area contributed by atoms with Gasteiger partial charge in [-0.15, -0.1) is 6.58 Å². The van der Waals surface area contributed by atoms with Crippen molar-refractivity contribution < 1.29 is 18.6 Å². The first-order chi connectivity index (χ1) is 12.9. The third-order valence-corrected chi connectivity index (χ3v) is 4.71. The van der Waals surface area contributed by atoms with Gasteiger partial charge in [-0.2, -0.15) is 0 Å². The fraction of sp³-hybridized carbons (Fsp3) is 0.364. The lowest BCUT2D eigenvalue weighted by molar-refractivity contribution is -0.148. The lowest BCUT2D eigenvalue weighted by Crippen LogP contribution is -2.50. The third kappa shape index (κ3) is 4.31. The summed E-state index contributed by atoms with van der Waals surface area (Å²) in [5.41, 5.74) is 2.35. The number of halogens is 1. The fourth-order valence-electron chi connectivity index (χ4n) is 3.36. The molecule has 1 N–H and O–H groups in total. The van der Waals surface area contributed by atoms with E-state index in [-0.39, 0.29) is 18.0 Å². The maximum atomic E-state index is 13.0. The molecule has 0 fully saturated rings. The minimum Gasteiger partial charge on any atom is -0.485 e. The van der Waals surface area contributed by atoms with E-state index in [0.29, 0.717) is 13.2 Å². The van der Waals surface area contributed by atoms with Gasteiger partial charge in [0, 0.05) is 24.9 Å². The van der Waals surface area contributed by atoms with E-state index >= 15 is 0 Å². The number of hydrogen-bond acceptors (Lipinski definition) is 4. The molecule has 144 valence electrons. The van der Waals surface area contributed by atoms with E-state index in [0.717, 1.165) is 22.6 Å². The molecule has 2 atom stereocenters. The first kappa shape index (κ1) is 19.4. The fourth-order valence-corrected chi connectivity index (χ4v) is 3.36. The zero-order valence-electron chi connectivity index (χ0n) is 16.0. The molecule has 0 saturated heterocycles. The van der Waals surface area contributed by atoms with Gasteiger partial charge in [0.25, 0.3) is 0 Å². The molecular formula is C22H26FNO3. The van der Waals surface area contributed by atoms with Crippen LogP contribution in [0.25, 0.3) is 0 Å². The number of hydrogen-bond donors (Lipinski definition) is 1. The average molecular weight is 371 g/mol. The maximum Gasteiger partial charge on any atom is 0.132 e. The van der Waals surface area contributed by atoms with E-state index in [9.17, 15) is 4.39 Å². The Morgan fingerprint density at radius 3 is 2.63 bits per heavy atom. The van der Waals surface area contributed by atoms with Gasteiger partial charge in [0.15, 0.2) is 0 Å². The van der Waals surface area contributed by atoms with Crippen LogP contribution in [0.1, 0.15) is 31.1 Å². The largest absolute Gasteiger partial charge is 0.485 e. The highest BCUT2D eigenvalue weighted by atomic mass is 19.1. The summed E-state index contributed by atoms with van der Waals surface area (Å²) in [5.74, 6) is 0.554. The molecule has 2 aromatic carbocycles. The van der Waals surface area contributed by atoms with Crippen molar-refractivity contribution >= 4 is 5.69 Å². The highest BCUT2D eigenvalue weighted by molar-refractivity contribution is 5.53. The molecular weight excluding hydrogens is 345 g/mol. The molecule has 3 rings (SSSR count). The molecule has 0 amide bonds. The third-order valence-electron chi connectivity index (χ3n) is 4.71. The molecule has 1 heterocycles. The lowest BCUT2D eigenvalue weighted by atomic mass is 9.88. The van der Waals surface area contributed by atoms with Crippen LogP contribution in [0, 0.1) is 5.82 Å². The molecule has 0 aromatic heterocycles. The van der Waals surface area contributed by atoms with Crippen molar-refractivity contribution in [2.24, 2.45) is 0 Å². The molecule has 0 bridgehead atoms. The van der Waals surface area contributed by atoms with E-state index in [1.165, 1.54) is 12.1 Å². The summed E-state index contributed by atoms with van der Waals surface area (Å²) < 4.78 is 31.0. The Morgan fingerprint density at radius 1 is 1.22 bits per heavy atom. The molecule has 4 nitrogen and oxygen atoms in total. The number of ether oxygens (including phenoxy) is 3. The van der Waals surface area contributed by atoms with E-state index in [1.807, 2.05) is 32.0 Å². The van der Waals surface area contributed by atoms with Gasteiger partial charge in [0.2, 0.25) is 0 Å². The van der Waals surface area contributed by atoms with Crippen molar-refractivity contribution in [2.45, 2.75) is 38.2 Å². The zero-order valence-corrected chi connectivity index (χ0v) is 16.0. The van der Waals surface area contributed by atoms with Gasteiger partial charge < -0.3 is 19.5 Å². The number of rotatable bonds is 7. The number of benzene rings is 2. The molecule has 0 aliphatic carbocycles. The Hall–Kier alpha value is -2.37. The van der Waals surface area contributed by atoms with Crippen LogP contribution in [-0.4, -0.2) is 25.4 Å². The number of anilines is 1. The smallest absolute Gasteiger partial charge is 0.132 e. The van der Waals surface area contributed by atoms with Crippen LogP contribution in [0.5, 0.6) is 5.75 Å². The van der Waals surface area contributed by atoms with Crippen LogP contribution >= 0.6 is 0 Å². The normalized spacial score (nSPS) is 20.4. The predicted molar refractivity (Wildman–Crippen MR) is 105 cm³/mol. The summed E-state index contributed by atoms with van der Waals surface area (Å²) >= 11 is 0. The van der Waals surface area contributed by atoms with Gasteiger partial charge in [-0.1, -0.05) is 18.2 Å². The minimum atomic E-state index is -0.528. The molecule has 1 aliphatic heterocycles. The van der Waals surface area contributed by atoms with Crippen LogP contribution in [0.15, 0.2) is 55.1 Å². The molecule has 5 heteroatoms. The highest BCUT2D eigenvalue weighted by Crippen LogP contribution is 2.44. The van der Waals surface area contributed by atoms with Crippen LogP contribution in [-0.2, 0) is 16.0 Å². The standard InChI is InChI=1S/C22H26FNO3/c1-5-12-26-21-20(25-4)18-13-17(10-11-19(18)27-22(21,2)3)24-14-15-6-8-16(23)9-7-15/h5-11,13,20-21,24H,1,12,14H2,2-4H3. The van der Waals surface area contributed by atoms with Crippen molar-refractivity contribution in [1.29, 1.82) is 0 Å². The average Bonchev–Trinajstić information content (AvgIpc) is 2.65. The summed E-state index contributed by atoms with van der Waals surface area (Å²) in [6, 6.07) is 12.4. The van der Waals surface area contributed by atoms with Gasteiger partial charge in [0.05, 0.1) is 6.61 Å². The van der Waals surface area contributed by atoms with Crippen molar-refractivity contribution in [1.82, 2.24) is 0 Å². The van der Waals surface area contributed by atoms with E-state index in [2.05, 4.69) is 11.9 Å². The van der Waals surface area contributed by atoms with Crippen molar-refractivity contribution in [2.75, 3.05) is 19.0 Å². The number of methoxy groups -OCH3 is 1. The van der Waals surface area contributed by atoms with E-state index < -0.39 is 5.60 Å². The summed E-state index contributed by atoms with van der Waals surface area (Å²) in [4.78, 5) is 0. The summed E-state index contributed by atoms with van der Waals surface area (Å²) in [6.45, 7) is 8.74. The number of nitrogens with one attached hydrogen (secondary N) is 1. The summed E-state index contributed by atoms with van der Waals surface area (Å²) in [6.07, 6.45) is 1.20. The molecule has 0 saturated carbocycles. The van der Waals surface area contributed by atoms with Gasteiger partial charge in [-0.3, -0.25) is 0 Å². The van der Waals surface area contributed by atoms with Crippen molar-refractivity contribution in [3.8, 4) is 5.75 Å². The second-order valence-corrected chi connectivity index (χ2v) is 7.14. The first-order valence-corrected chi connectivity index (χ1v) is 9.01. The molecule has 27 heavy (non-hydrogen) atoms. The topological polar surface area (TPSA) is 39.7 Å². The number of fused-ring (bicyclic) bond motifs is 1. The van der Waals surface area contributed by atoms with E-state index in [4.69, 9.17) is 14.2 Å². The summed E-state index contributed by atoms with van der Waals surface area (Å²) in [7, 11) is 1.68. The molecule has 2 unspecified atom stereocenters. The Bertz CT molecular complexity index is 789. The minimum absolute atomic E-state index is 0.235. The quantitative estimate of drug-likeness (QED) is 0.705. The highest BCUT2D eigenvalue weighted by Gasteiger charge is 2.45. The van der Waals surface area contributed by atoms with Crippen LogP contribution in [0.4, 0.5) is 10.1 Å². The zero-order chi connectivity index (χ0) is 19.4. The second kappa shape index (κ2) is 8.11. The lowest BCUT2D eigenvalue weighted by Gasteiger charge is -2.43. The second-order valence-electron chi connectivity index (χ2n) is 7.14. The van der Waals surface area contributed by atoms with Gasteiger partial charge in [-0.05, 0) is 49.7 Å². The Balaban J connectivity index is 1.82. The molecule has 0 radical (unpaired) electrons. The predicted octanol–water partition coefficient (Wildman–Crippen LogP) is 4.87. The first-order valence-electron chi connectivity index (χ1n) is 9.01. The Labute approximate surface area is 159 Å². The SMILES string of the molecule is C=CCOC1C(OC)c2cc(NCc3ccc(F)cc3)ccc2OC1(C)C. The van der Waals surface area contributed by atoms with Gasteiger partial charge in [0.1, 0.15) is 29.4 Å².